The van der Waals surface area contributed by atoms with E-state index in [2.05, 4.69) is 20.1 Å². The number of hydrogen-bond acceptors (Lipinski definition) is 10. The molecule has 3 fully saturated rings. The molecule has 0 N–H and O–H groups in total. The Bertz CT molecular complexity index is 2340. The second-order valence-corrected chi connectivity index (χ2v) is 14.8. The van der Waals surface area contributed by atoms with E-state index in [9.17, 15) is 22.4 Å². The molecule has 6 heterocycles. The Balaban J connectivity index is 1.25. The number of carbonyl (C=O) groups is 1. The SMILES string of the molecule is CCc1c(F)ccc2cc(OCOC)cc(-c3ncc4c(N5CCN(C(=O)n6ccc(C)n6)C(C(F)(F)F)C5)nc(OC[C@@]56CCCN5C[C@H](F)C6)nc4c3F)c12. The largest absolute Gasteiger partial charge is 0.468 e. The van der Waals surface area contributed by atoms with Gasteiger partial charge in [0.2, 0.25) is 0 Å². The van der Waals surface area contributed by atoms with Crippen LogP contribution in [0.3, 0.4) is 0 Å². The van der Waals surface area contributed by atoms with Gasteiger partial charge in [0.05, 0.1) is 16.6 Å². The number of piperazine rings is 1. The van der Waals surface area contributed by atoms with Crippen LogP contribution in [0.4, 0.5) is 37.0 Å². The molecule has 18 heteroatoms. The van der Waals surface area contributed by atoms with E-state index >= 15 is 8.78 Å². The highest BCUT2D eigenvalue weighted by atomic mass is 19.4. The van der Waals surface area contributed by atoms with Crippen molar-refractivity contribution >= 4 is 33.5 Å². The zero-order chi connectivity index (χ0) is 40.2. The number of hydrogen-bond donors (Lipinski definition) is 0. The van der Waals surface area contributed by atoms with Crippen molar-refractivity contribution in [2.45, 2.75) is 63.5 Å². The lowest BCUT2D eigenvalue weighted by molar-refractivity contribution is -0.176. The van der Waals surface area contributed by atoms with E-state index in [4.69, 9.17) is 14.2 Å². The quantitative estimate of drug-likeness (QED) is 0.116. The second kappa shape index (κ2) is 14.9. The van der Waals surface area contributed by atoms with Gasteiger partial charge in [0.1, 0.15) is 47.4 Å². The normalized spacial score (nSPS) is 21.5. The average molecular weight is 799 g/mol. The summed E-state index contributed by atoms with van der Waals surface area (Å²) in [6.07, 6.45) is -1.40. The van der Waals surface area contributed by atoms with E-state index in [1.807, 2.05) is 4.90 Å². The van der Waals surface area contributed by atoms with Crippen LogP contribution in [-0.4, -0.2) is 118 Å². The third-order valence-corrected chi connectivity index (χ3v) is 11.2. The number of anilines is 1. The molecule has 8 rings (SSSR count). The van der Waals surface area contributed by atoms with Crippen molar-refractivity contribution in [1.29, 1.82) is 0 Å². The van der Waals surface area contributed by atoms with Gasteiger partial charge in [0.15, 0.2) is 12.6 Å². The number of amides is 1. The standard InChI is InChI=1S/C39H40F6N8O4/c1-4-26-29(41)7-6-23-14-25(57-21-55-3)15-27(31(23)26)33-32(42)34-28(17-46-33)35(48-36(47-34)56-20-38-9-5-10-51(38)18-24(40)16-38)50-12-13-52(30(19-50)39(43,44)45)37(54)53-11-8-22(2)49-53/h6-8,11,14-15,17,24,30H,4-5,9-10,12-13,16,18-21H2,1-3H3/t24-,30?,38+/m1/s1. The summed E-state index contributed by atoms with van der Waals surface area (Å²) in [5, 5.41) is 4.92. The molecule has 0 radical (unpaired) electrons. The number of carbonyl (C=O) groups excluding carboxylic acids is 1. The molecule has 0 aliphatic carbocycles. The Morgan fingerprint density at radius 1 is 1.05 bits per heavy atom. The van der Waals surface area contributed by atoms with Gasteiger partial charge in [-0.1, -0.05) is 13.0 Å². The summed E-state index contributed by atoms with van der Waals surface area (Å²) in [6.45, 7) is 2.89. The molecule has 0 spiro atoms. The predicted octanol–water partition coefficient (Wildman–Crippen LogP) is 6.85. The van der Waals surface area contributed by atoms with Gasteiger partial charge in [-0.05, 0) is 73.3 Å². The van der Waals surface area contributed by atoms with Crippen LogP contribution >= 0.6 is 0 Å². The fourth-order valence-electron chi connectivity index (χ4n) is 8.53. The smallest absolute Gasteiger partial charge is 0.410 e. The molecule has 12 nitrogen and oxygen atoms in total. The lowest BCUT2D eigenvalue weighted by Crippen LogP contribution is -2.61. The van der Waals surface area contributed by atoms with E-state index in [-0.39, 0.29) is 79.9 Å². The molecule has 3 aliphatic rings. The predicted molar refractivity (Wildman–Crippen MR) is 197 cm³/mol. The minimum atomic E-state index is -4.87. The van der Waals surface area contributed by atoms with Gasteiger partial charge in [-0.2, -0.15) is 32.9 Å². The summed E-state index contributed by atoms with van der Waals surface area (Å²) >= 11 is 0. The lowest BCUT2D eigenvalue weighted by Gasteiger charge is -2.42. The minimum absolute atomic E-state index is 0.0182. The molecule has 5 aromatic rings. The van der Waals surface area contributed by atoms with Crippen LogP contribution < -0.4 is 14.4 Å². The highest BCUT2D eigenvalue weighted by molar-refractivity contribution is 6.02. The molecule has 3 saturated heterocycles. The maximum absolute atomic E-state index is 17.3. The van der Waals surface area contributed by atoms with Crippen molar-refractivity contribution < 1.29 is 45.3 Å². The molecule has 0 bridgehead atoms. The minimum Gasteiger partial charge on any atom is -0.468 e. The van der Waals surface area contributed by atoms with Gasteiger partial charge in [0, 0.05) is 57.7 Å². The number of aromatic nitrogens is 5. The zero-order valence-corrected chi connectivity index (χ0v) is 31.5. The van der Waals surface area contributed by atoms with Gasteiger partial charge in [0.25, 0.3) is 0 Å². The van der Waals surface area contributed by atoms with Crippen LogP contribution in [0, 0.1) is 18.6 Å². The number of methoxy groups -OCH3 is 1. The van der Waals surface area contributed by atoms with Crippen molar-refractivity contribution in [2.75, 3.05) is 58.1 Å². The van der Waals surface area contributed by atoms with Gasteiger partial charge in [-0.3, -0.25) is 9.88 Å². The van der Waals surface area contributed by atoms with Crippen molar-refractivity contribution in [3.63, 3.8) is 0 Å². The lowest BCUT2D eigenvalue weighted by atomic mass is 9.94. The van der Waals surface area contributed by atoms with E-state index in [0.717, 1.165) is 11.1 Å². The number of aryl methyl sites for hydroxylation is 2. The number of rotatable bonds is 9. The van der Waals surface area contributed by atoms with Crippen molar-refractivity contribution in [2.24, 2.45) is 0 Å². The molecular formula is C39H40F6N8O4. The fraction of sp³-hybridized carbons (Fsp3) is 0.462. The van der Waals surface area contributed by atoms with E-state index in [0.29, 0.717) is 45.6 Å². The first-order chi connectivity index (χ1) is 27.3. The third kappa shape index (κ3) is 7.06. The number of fused-ring (bicyclic) bond motifs is 3. The molecule has 57 heavy (non-hydrogen) atoms. The number of ether oxygens (including phenoxy) is 3. The molecule has 2 aromatic carbocycles. The van der Waals surface area contributed by atoms with Crippen LogP contribution in [0.25, 0.3) is 32.9 Å². The molecule has 1 unspecified atom stereocenters. The summed E-state index contributed by atoms with van der Waals surface area (Å²) in [5.41, 5.74) is -0.210. The molecule has 0 saturated carbocycles. The van der Waals surface area contributed by atoms with Gasteiger partial charge < -0.3 is 24.0 Å². The summed E-state index contributed by atoms with van der Waals surface area (Å²) in [5.74, 6) is -1.26. The Labute approximate surface area is 323 Å². The summed E-state index contributed by atoms with van der Waals surface area (Å²) < 4.78 is 109. The van der Waals surface area contributed by atoms with Crippen molar-refractivity contribution in [1.82, 2.24) is 34.5 Å². The molecule has 1 amide bonds. The second-order valence-electron chi connectivity index (χ2n) is 14.8. The third-order valence-electron chi connectivity index (χ3n) is 11.2. The summed E-state index contributed by atoms with van der Waals surface area (Å²) in [6, 6.07) is 4.00. The molecule has 3 aliphatic heterocycles. The van der Waals surface area contributed by atoms with Crippen LogP contribution in [0.1, 0.15) is 37.4 Å². The van der Waals surface area contributed by atoms with Crippen molar-refractivity contribution in [3.05, 3.63) is 65.6 Å². The topological polar surface area (TPSA) is 111 Å². The Morgan fingerprint density at radius 2 is 1.88 bits per heavy atom. The average Bonchev–Trinajstić information content (AvgIpc) is 3.88. The fourth-order valence-corrected chi connectivity index (χ4v) is 8.53. The van der Waals surface area contributed by atoms with Crippen LogP contribution in [0.15, 0.2) is 42.7 Å². The highest BCUT2D eigenvalue weighted by Gasteiger charge is 2.51. The summed E-state index contributed by atoms with van der Waals surface area (Å²) in [4.78, 5) is 30.8. The van der Waals surface area contributed by atoms with E-state index in [1.54, 1.807) is 26.0 Å². The Kier molecular flexibility index (Phi) is 10.1. The Hall–Kier alpha value is -5.23. The first kappa shape index (κ1) is 38.6. The molecule has 3 atom stereocenters. The van der Waals surface area contributed by atoms with Gasteiger partial charge in [-0.15, -0.1) is 0 Å². The molecule has 3 aromatic heterocycles. The summed E-state index contributed by atoms with van der Waals surface area (Å²) in [7, 11) is 1.44. The maximum atomic E-state index is 17.3. The number of benzene rings is 2. The van der Waals surface area contributed by atoms with Crippen LogP contribution in [0.5, 0.6) is 11.8 Å². The van der Waals surface area contributed by atoms with Crippen molar-refractivity contribution in [3.8, 4) is 23.0 Å². The first-order valence-electron chi connectivity index (χ1n) is 18.7. The van der Waals surface area contributed by atoms with Crippen LogP contribution in [0.2, 0.25) is 0 Å². The molecular weight excluding hydrogens is 758 g/mol. The maximum Gasteiger partial charge on any atom is 0.410 e. The Morgan fingerprint density at radius 3 is 2.61 bits per heavy atom. The van der Waals surface area contributed by atoms with Gasteiger partial charge >= 0.3 is 18.2 Å². The first-order valence-corrected chi connectivity index (χ1v) is 18.7. The molecule has 302 valence electrons. The van der Waals surface area contributed by atoms with E-state index < -0.39 is 48.1 Å². The highest BCUT2D eigenvalue weighted by Crippen LogP contribution is 2.42. The van der Waals surface area contributed by atoms with Crippen LogP contribution in [-0.2, 0) is 11.2 Å². The zero-order valence-electron chi connectivity index (χ0n) is 31.5. The van der Waals surface area contributed by atoms with E-state index in [1.165, 1.54) is 42.6 Å². The number of pyridine rings is 1. The number of halogens is 6. The number of alkyl halides is 4. The number of nitrogens with zero attached hydrogens (tertiary/aromatic N) is 8. The van der Waals surface area contributed by atoms with Gasteiger partial charge in [-0.25, -0.2) is 18.0 Å². The monoisotopic (exact) mass is 798 g/mol.